The molecule has 15 heavy (non-hydrogen) atoms. The standard InChI is InChI=1S/C10H17N3O2/c1-7(6-8(2)14)11-10(15)9-4-5-13(3)12-9/h4-5,7-8,14H,6H2,1-3H3,(H,11,15). The van der Waals surface area contributed by atoms with Gasteiger partial charge in [-0.3, -0.25) is 9.48 Å². The van der Waals surface area contributed by atoms with E-state index in [2.05, 4.69) is 10.4 Å². The van der Waals surface area contributed by atoms with Gasteiger partial charge in [-0.25, -0.2) is 0 Å². The van der Waals surface area contributed by atoms with Crippen LogP contribution in [0.5, 0.6) is 0 Å². The van der Waals surface area contributed by atoms with E-state index in [0.717, 1.165) is 0 Å². The molecule has 1 aromatic heterocycles. The topological polar surface area (TPSA) is 67.2 Å². The highest BCUT2D eigenvalue weighted by molar-refractivity contribution is 5.92. The van der Waals surface area contributed by atoms with Gasteiger partial charge < -0.3 is 10.4 Å². The van der Waals surface area contributed by atoms with Crippen LogP contribution in [0.15, 0.2) is 12.3 Å². The van der Waals surface area contributed by atoms with E-state index in [1.165, 1.54) is 0 Å². The summed E-state index contributed by atoms with van der Waals surface area (Å²) < 4.78 is 1.58. The Balaban J connectivity index is 2.49. The predicted octanol–water partition coefficient (Wildman–Crippen LogP) is 0.309. The third-order valence-electron chi connectivity index (χ3n) is 2.02. The SMILES string of the molecule is CC(O)CC(C)NC(=O)c1ccn(C)n1. The van der Waals surface area contributed by atoms with Gasteiger partial charge in [0.15, 0.2) is 0 Å². The number of aliphatic hydroxyl groups is 1. The fraction of sp³-hybridized carbons (Fsp3) is 0.600. The summed E-state index contributed by atoms with van der Waals surface area (Å²) in [5.41, 5.74) is 0.398. The number of hydrogen-bond acceptors (Lipinski definition) is 3. The lowest BCUT2D eigenvalue weighted by Crippen LogP contribution is -2.34. The number of nitrogens with one attached hydrogen (secondary N) is 1. The molecule has 5 heteroatoms. The van der Waals surface area contributed by atoms with Gasteiger partial charge in [-0.15, -0.1) is 0 Å². The first-order valence-electron chi connectivity index (χ1n) is 4.97. The molecule has 0 aliphatic heterocycles. The van der Waals surface area contributed by atoms with Crippen LogP contribution in [-0.2, 0) is 7.05 Å². The Bertz CT molecular complexity index is 333. The smallest absolute Gasteiger partial charge is 0.271 e. The summed E-state index contributed by atoms with van der Waals surface area (Å²) in [5.74, 6) is -0.205. The highest BCUT2D eigenvalue weighted by Crippen LogP contribution is 1.99. The van der Waals surface area contributed by atoms with Crippen LogP contribution in [0.25, 0.3) is 0 Å². The zero-order valence-corrected chi connectivity index (χ0v) is 9.27. The van der Waals surface area contributed by atoms with Crippen molar-refractivity contribution in [2.24, 2.45) is 7.05 Å². The van der Waals surface area contributed by atoms with Crippen molar-refractivity contribution >= 4 is 5.91 Å². The summed E-state index contributed by atoms with van der Waals surface area (Å²) in [4.78, 5) is 11.6. The van der Waals surface area contributed by atoms with Gasteiger partial charge >= 0.3 is 0 Å². The van der Waals surface area contributed by atoms with E-state index in [1.54, 1.807) is 30.9 Å². The van der Waals surface area contributed by atoms with Crippen molar-refractivity contribution in [3.63, 3.8) is 0 Å². The molecule has 0 radical (unpaired) electrons. The molecule has 1 rings (SSSR count). The van der Waals surface area contributed by atoms with Crippen molar-refractivity contribution in [1.82, 2.24) is 15.1 Å². The second-order valence-corrected chi connectivity index (χ2v) is 3.83. The van der Waals surface area contributed by atoms with E-state index in [4.69, 9.17) is 5.11 Å². The van der Waals surface area contributed by atoms with Crippen LogP contribution < -0.4 is 5.32 Å². The van der Waals surface area contributed by atoms with Crippen LogP contribution in [0, 0.1) is 0 Å². The first kappa shape index (κ1) is 11.7. The van der Waals surface area contributed by atoms with Gasteiger partial charge in [0.05, 0.1) is 6.10 Å². The number of rotatable bonds is 4. The Morgan fingerprint density at radius 1 is 1.67 bits per heavy atom. The third kappa shape index (κ3) is 3.71. The van der Waals surface area contributed by atoms with E-state index >= 15 is 0 Å². The minimum atomic E-state index is -0.413. The van der Waals surface area contributed by atoms with Crippen LogP contribution in [-0.4, -0.2) is 32.9 Å². The molecule has 0 saturated carbocycles. The summed E-state index contributed by atoms with van der Waals surface area (Å²) in [6.45, 7) is 3.55. The summed E-state index contributed by atoms with van der Waals surface area (Å²) in [6, 6.07) is 1.60. The predicted molar refractivity (Wildman–Crippen MR) is 56.4 cm³/mol. The van der Waals surface area contributed by atoms with Gasteiger partial charge in [0.2, 0.25) is 0 Å². The average molecular weight is 211 g/mol. The van der Waals surface area contributed by atoms with Crippen molar-refractivity contribution < 1.29 is 9.90 Å². The number of nitrogens with zero attached hydrogens (tertiary/aromatic N) is 2. The lowest BCUT2D eigenvalue weighted by Gasteiger charge is -2.14. The van der Waals surface area contributed by atoms with Gasteiger partial charge in [0.1, 0.15) is 5.69 Å². The number of aryl methyl sites for hydroxylation is 1. The van der Waals surface area contributed by atoms with Crippen molar-refractivity contribution in [2.75, 3.05) is 0 Å². The number of amides is 1. The molecular weight excluding hydrogens is 194 g/mol. The van der Waals surface area contributed by atoms with E-state index in [-0.39, 0.29) is 11.9 Å². The molecule has 1 aromatic rings. The van der Waals surface area contributed by atoms with E-state index < -0.39 is 6.10 Å². The molecule has 1 heterocycles. The maximum absolute atomic E-state index is 11.6. The number of carbonyl (C=O) groups is 1. The molecule has 1 amide bonds. The highest BCUT2D eigenvalue weighted by atomic mass is 16.3. The Hall–Kier alpha value is -1.36. The van der Waals surface area contributed by atoms with Crippen LogP contribution in [0.3, 0.4) is 0 Å². The summed E-state index contributed by atoms with van der Waals surface area (Å²) in [7, 11) is 1.76. The highest BCUT2D eigenvalue weighted by Gasteiger charge is 2.13. The molecule has 0 aliphatic carbocycles. The number of hydrogen-bond donors (Lipinski definition) is 2. The second kappa shape index (κ2) is 4.93. The molecular formula is C10H17N3O2. The zero-order chi connectivity index (χ0) is 11.4. The van der Waals surface area contributed by atoms with Crippen molar-refractivity contribution in [3.8, 4) is 0 Å². The fourth-order valence-electron chi connectivity index (χ4n) is 1.40. The first-order chi connectivity index (χ1) is 6.99. The average Bonchev–Trinajstić information content (AvgIpc) is 2.49. The Labute approximate surface area is 89.1 Å². The number of aromatic nitrogens is 2. The van der Waals surface area contributed by atoms with Gasteiger partial charge in [-0.2, -0.15) is 5.10 Å². The lowest BCUT2D eigenvalue weighted by molar-refractivity contribution is 0.0917. The van der Waals surface area contributed by atoms with Crippen molar-refractivity contribution in [1.29, 1.82) is 0 Å². The van der Waals surface area contributed by atoms with Crippen LogP contribution >= 0.6 is 0 Å². The molecule has 5 nitrogen and oxygen atoms in total. The molecule has 0 spiro atoms. The maximum Gasteiger partial charge on any atom is 0.271 e. The molecule has 2 unspecified atom stereocenters. The monoisotopic (exact) mass is 211 g/mol. The maximum atomic E-state index is 11.6. The normalized spacial score (nSPS) is 14.7. The van der Waals surface area contributed by atoms with E-state index in [0.29, 0.717) is 12.1 Å². The van der Waals surface area contributed by atoms with Gasteiger partial charge in [-0.05, 0) is 26.3 Å². The van der Waals surface area contributed by atoms with Crippen LogP contribution in [0.2, 0.25) is 0 Å². The Kier molecular flexibility index (Phi) is 3.85. The largest absolute Gasteiger partial charge is 0.393 e. The molecule has 2 atom stereocenters. The molecule has 84 valence electrons. The zero-order valence-electron chi connectivity index (χ0n) is 9.27. The molecule has 0 fully saturated rings. The Morgan fingerprint density at radius 3 is 2.80 bits per heavy atom. The minimum Gasteiger partial charge on any atom is -0.393 e. The van der Waals surface area contributed by atoms with Gasteiger partial charge in [-0.1, -0.05) is 0 Å². The van der Waals surface area contributed by atoms with Gasteiger partial charge in [0, 0.05) is 19.3 Å². The van der Waals surface area contributed by atoms with Crippen LogP contribution in [0.4, 0.5) is 0 Å². The van der Waals surface area contributed by atoms with Gasteiger partial charge in [0.25, 0.3) is 5.91 Å². The second-order valence-electron chi connectivity index (χ2n) is 3.83. The Morgan fingerprint density at radius 2 is 2.33 bits per heavy atom. The summed E-state index contributed by atoms with van der Waals surface area (Å²) in [6.07, 6.45) is 1.84. The van der Waals surface area contributed by atoms with Crippen molar-refractivity contribution in [2.45, 2.75) is 32.4 Å². The summed E-state index contributed by atoms with van der Waals surface area (Å²) in [5, 5.41) is 15.9. The molecule has 0 aliphatic rings. The number of aliphatic hydroxyl groups excluding tert-OH is 1. The molecule has 2 N–H and O–H groups in total. The third-order valence-corrected chi connectivity index (χ3v) is 2.02. The van der Waals surface area contributed by atoms with E-state index in [9.17, 15) is 4.79 Å². The first-order valence-corrected chi connectivity index (χ1v) is 4.97. The van der Waals surface area contributed by atoms with Crippen LogP contribution in [0.1, 0.15) is 30.8 Å². The lowest BCUT2D eigenvalue weighted by atomic mass is 10.1. The quantitative estimate of drug-likeness (QED) is 0.753. The van der Waals surface area contributed by atoms with E-state index in [1.807, 2.05) is 6.92 Å². The molecule has 0 bridgehead atoms. The van der Waals surface area contributed by atoms with Crippen molar-refractivity contribution in [3.05, 3.63) is 18.0 Å². The molecule has 0 saturated heterocycles. The fourth-order valence-corrected chi connectivity index (χ4v) is 1.40. The molecule has 0 aromatic carbocycles. The number of carbonyl (C=O) groups excluding carboxylic acids is 1. The summed E-state index contributed by atoms with van der Waals surface area (Å²) >= 11 is 0. The minimum absolute atomic E-state index is 0.0560.